The number of halogens is 2. The molecule has 0 fully saturated rings. The Kier molecular flexibility index (Phi) is 6.58. The van der Waals surface area contributed by atoms with Crippen molar-refractivity contribution in [1.29, 1.82) is 0 Å². The summed E-state index contributed by atoms with van der Waals surface area (Å²) in [5, 5.41) is 14.8. The van der Waals surface area contributed by atoms with Crippen LogP contribution in [-0.2, 0) is 4.79 Å². The summed E-state index contributed by atoms with van der Waals surface area (Å²) in [7, 11) is 0. The van der Waals surface area contributed by atoms with E-state index in [0.29, 0.717) is 16.5 Å². The molecule has 0 aliphatic rings. The third-order valence-corrected chi connectivity index (χ3v) is 3.68. The van der Waals surface area contributed by atoms with Crippen molar-refractivity contribution < 1.29 is 19.4 Å². The van der Waals surface area contributed by atoms with E-state index in [-0.39, 0.29) is 22.3 Å². The van der Waals surface area contributed by atoms with Crippen LogP contribution >= 0.6 is 35.4 Å². The van der Waals surface area contributed by atoms with E-state index in [1.165, 1.54) is 18.2 Å². The van der Waals surface area contributed by atoms with E-state index in [0.717, 1.165) is 0 Å². The molecule has 2 aromatic carbocycles. The van der Waals surface area contributed by atoms with Crippen molar-refractivity contribution in [2.24, 2.45) is 0 Å². The Morgan fingerprint density at radius 1 is 1.12 bits per heavy atom. The molecule has 25 heavy (non-hydrogen) atoms. The fourth-order valence-electron chi connectivity index (χ4n) is 1.77. The maximum absolute atomic E-state index is 11.8. The average molecular weight is 399 g/mol. The van der Waals surface area contributed by atoms with Crippen LogP contribution in [0.5, 0.6) is 5.75 Å². The van der Waals surface area contributed by atoms with Gasteiger partial charge in [-0.3, -0.25) is 10.1 Å². The average Bonchev–Trinajstić information content (AvgIpc) is 2.55. The van der Waals surface area contributed by atoms with Gasteiger partial charge in [-0.05, 0) is 54.7 Å². The van der Waals surface area contributed by atoms with Crippen molar-refractivity contribution in [3.8, 4) is 5.75 Å². The normalized spacial score (nSPS) is 10.0. The number of hydrogen-bond donors (Lipinski definition) is 3. The van der Waals surface area contributed by atoms with Gasteiger partial charge < -0.3 is 15.2 Å². The molecular weight excluding hydrogens is 387 g/mol. The van der Waals surface area contributed by atoms with E-state index < -0.39 is 11.9 Å². The number of carbonyl (C=O) groups is 2. The maximum Gasteiger partial charge on any atom is 0.337 e. The Hall–Kier alpha value is -2.35. The van der Waals surface area contributed by atoms with Crippen LogP contribution in [0.4, 0.5) is 5.69 Å². The molecule has 0 unspecified atom stereocenters. The van der Waals surface area contributed by atoms with Crippen LogP contribution in [0.3, 0.4) is 0 Å². The summed E-state index contributed by atoms with van der Waals surface area (Å²) in [6, 6.07) is 10.8. The molecule has 9 heteroatoms. The molecule has 0 radical (unpaired) electrons. The summed E-state index contributed by atoms with van der Waals surface area (Å²) in [6.45, 7) is -0.246. The number of carboxylic acid groups (broad SMARTS) is 1. The van der Waals surface area contributed by atoms with Crippen LogP contribution < -0.4 is 15.4 Å². The van der Waals surface area contributed by atoms with Gasteiger partial charge in [0.05, 0.1) is 10.6 Å². The number of carboxylic acids is 1. The minimum Gasteiger partial charge on any atom is -0.484 e. The summed E-state index contributed by atoms with van der Waals surface area (Å²) >= 11 is 16.5. The van der Waals surface area contributed by atoms with E-state index in [1.807, 2.05) is 0 Å². The molecule has 3 N–H and O–H groups in total. The van der Waals surface area contributed by atoms with Crippen LogP contribution in [0.1, 0.15) is 10.4 Å². The van der Waals surface area contributed by atoms with Gasteiger partial charge in [0.2, 0.25) is 0 Å². The molecule has 0 aliphatic carbocycles. The Morgan fingerprint density at radius 3 is 2.44 bits per heavy atom. The van der Waals surface area contributed by atoms with Gasteiger partial charge in [0.25, 0.3) is 5.91 Å². The molecule has 0 heterocycles. The van der Waals surface area contributed by atoms with Crippen molar-refractivity contribution in [2.45, 2.75) is 0 Å². The molecule has 0 spiro atoms. The van der Waals surface area contributed by atoms with Gasteiger partial charge in [0, 0.05) is 10.7 Å². The SMILES string of the molecule is O=C(COc1ccc(Cl)cc1)NC(=S)Nc1ccc(Cl)c(C(=O)O)c1. The van der Waals surface area contributed by atoms with E-state index in [1.54, 1.807) is 24.3 Å². The predicted molar refractivity (Wildman–Crippen MR) is 99.7 cm³/mol. The summed E-state index contributed by atoms with van der Waals surface area (Å²) in [6.07, 6.45) is 0. The highest BCUT2D eigenvalue weighted by Crippen LogP contribution is 2.20. The lowest BCUT2D eigenvalue weighted by atomic mass is 10.2. The largest absolute Gasteiger partial charge is 0.484 e. The van der Waals surface area contributed by atoms with Gasteiger partial charge in [-0.25, -0.2) is 4.79 Å². The molecule has 0 saturated carbocycles. The second-order valence-electron chi connectivity index (χ2n) is 4.74. The van der Waals surface area contributed by atoms with Gasteiger partial charge in [-0.15, -0.1) is 0 Å². The molecule has 6 nitrogen and oxygen atoms in total. The first-order chi connectivity index (χ1) is 11.8. The first kappa shape index (κ1) is 19.0. The van der Waals surface area contributed by atoms with Crippen LogP contribution in [0, 0.1) is 0 Å². The summed E-state index contributed by atoms with van der Waals surface area (Å²) < 4.78 is 5.29. The lowest BCUT2D eigenvalue weighted by Crippen LogP contribution is -2.37. The second-order valence-corrected chi connectivity index (χ2v) is 6.00. The Morgan fingerprint density at radius 2 is 1.80 bits per heavy atom. The van der Waals surface area contributed by atoms with E-state index in [2.05, 4.69) is 10.6 Å². The number of ether oxygens (including phenoxy) is 1. The lowest BCUT2D eigenvalue weighted by Gasteiger charge is -2.11. The number of nitrogens with one attached hydrogen (secondary N) is 2. The molecule has 0 aliphatic heterocycles. The molecule has 1 amide bonds. The van der Waals surface area contributed by atoms with Gasteiger partial charge in [0.1, 0.15) is 5.75 Å². The lowest BCUT2D eigenvalue weighted by molar-refractivity contribution is -0.121. The van der Waals surface area contributed by atoms with Gasteiger partial charge in [0.15, 0.2) is 11.7 Å². The molecule has 0 saturated heterocycles. The molecule has 2 aromatic rings. The minimum atomic E-state index is -1.17. The van der Waals surface area contributed by atoms with Crippen LogP contribution in [0.15, 0.2) is 42.5 Å². The van der Waals surface area contributed by atoms with Crippen molar-refractivity contribution in [3.05, 3.63) is 58.1 Å². The van der Waals surface area contributed by atoms with Crippen molar-refractivity contribution in [1.82, 2.24) is 5.32 Å². The highest BCUT2D eigenvalue weighted by atomic mass is 35.5. The fourth-order valence-corrected chi connectivity index (χ4v) is 2.33. The zero-order valence-corrected chi connectivity index (χ0v) is 14.9. The molecular formula is C16H12Cl2N2O4S. The molecule has 0 bridgehead atoms. The van der Waals surface area contributed by atoms with Crippen molar-refractivity contribution >= 4 is 58.1 Å². The monoisotopic (exact) mass is 398 g/mol. The zero-order chi connectivity index (χ0) is 18.4. The number of carbonyl (C=O) groups excluding carboxylic acids is 1. The molecule has 130 valence electrons. The fraction of sp³-hybridized carbons (Fsp3) is 0.0625. The second kappa shape index (κ2) is 8.66. The number of anilines is 1. The topological polar surface area (TPSA) is 87.7 Å². The first-order valence-electron chi connectivity index (χ1n) is 6.87. The van der Waals surface area contributed by atoms with Crippen molar-refractivity contribution in [2.75, 3.05) is 11.9 Å². The van der Waals surface area contributed by atoms with E-state index in [9.17, 15) is 9.59 Å². The predicted octanol–water partition coefficient (Wildman–Crippen LogP) is 3.58. The standard InChI is InChI=1S/C16H12Cl2N2O4S/c17-9-1-4-11(5-2-9)24-8-14(21)20-16(25)19-10-3-6-13(18)12(7-10)15(22)23/h1-7H,8H2,(H,22,23)(H2,19,20,21,25). The first-order valence-corrected chi connectivity index (χ1v) is 8.03. The summed E-state index contributed by atoms with van der Waals surface area (Å²) in [5.41, 5.74) is 0.303. The zero-order valence-electron chi connectivity index (χ0n) is 12.6. The third kappa shape index (κ3) is 5.90. The molecule has 0 atom stereocenters. The van der Waals surface area contributed by atoms with Crippen LogP contribution in [0.25, 0.3) is 0 Å². The van der Waals surface area contributed by atoms with E-state index >= 15 is 0 Å². The number of thiocarbonyl (C=S) groups is 1. The maximum atomic E-state index is 11.8. The van der Waals surface area contributed by atoms with Crippen molar-refractivity contribution in [3.63, 3.8) is 0 Å². The highest BCUT2D eigenvalue weighted by molar-refractivity contribution is 7.80. The van der Waals surface area contributed by atoms with Gasteiger partial charge in [-0.2, -0.15) is 0 Å². The number of amides is 1. The summed E-state index contributed by atoms with van der Waals surface area (Å²) in [5.74, 6) is -1.15. The van der Waals surface area contributed by atoms with E-state index in [4.69, 9.17) is 45.3 Å². The third-order valence-electron chi connectivity index (χ3n) is 2.89. The van der Waals surface area contributed by atoms with Crippen LogP contribution in [0.2, 0.25) is 10.0 Å². The van der Waals surface area contributed by atoms with Crippen LogP contribution in [-0.4, -0.2) is 28.7 Å². The number of aromatic carboxylic acids is 1. The number of rotatable bonds is 5. The Balaban J connectivity index is 1.87. The highest BCUT2D eigenvalue weighted by Gasteiger charge is 2.11. The summed E-state index contributed by atoms with van der Waals surface area (Å²) in [4.78, 5) is 22.8. The van der Waals surface area contributed by atoms with Gasteiger partial charge in [-0.1, -0.05) is 23.2 Å². The molecule has 2 rings (SSSR count). The number of benzene rings is 2. The smallest absolute Gasteiger partial charge is 0.337 e. The minimum absolute atomic E-state index is 0.00312. The van der Waals surface area contributed by atoms with Gasteiger partial charge >= 0.3 is 5.97 Å². The quantitative estimate of drug-likeness (QED) is 0.667. The Labute approximate surface area is 158 Å². The Bertz CT molecular complexity index is 812. The number of hydrogen-bond acceptors (Lipinski definition) is 4. The molecule has 0 aromatic heterocycles.